The number of nitrogens with one attached hydrogen (secondary N) is 1. The predicted molar refractivity (Wildman–Crippen MR) is 90.4 cm³/mol. The van der Waals surface area contributed by atoms with Crippen molar-refractivity contribution in [3.63, 3.8) is 0 Å². The third kappa shape index (κ3) is 4.23. The van der Waals surface area contributed by atoms with E-state index in [1.165, 1.54) is 27.2 Å². The van der Waals surface area contributed by atoms with Gasteiger partial charge in [0, 0.05) is 25.3 Å². The number of benzene rings is 1. The number of sulfonamides is 1. The summed E-state index contributed by atoms with van der Waals surface area (Å²) in [7, 11) is -3.27. The van der Waals surface area contributed by atoms with Crippen LogP contribution in [0.2, 0.25) is 0 Å². The van der Waals surface area contributed by atoms with E-state index in [0.29, 0.717) is 25.1 Å². The van der Waals surface area contributed by atoms with Crippen molar-refractivity contribution in [1.29, 1.82) is 0 Å². The van der Waals surface area contributed by atoms with E-state index in [-0.39, 0.29) is 30.0 Å². The van der Waals surface area contributed by atoms with Crippen LogP contribution in [0.4, 0.5) is 4.39 Å². The van der Waals surface area contributed by atoms with E-state index < -0.39 is 10.0 Å². The molecule has 0 bridgehead atoms. The number of hydrogen-bond acceptors (Lipinski definition) is 4. The van der Waals surface area contributed by atoms with Gasteiger partial charge in [-0.15, -0.1) is 0 Å². The molecular weight excluding hydrogens is 347 g/mol. The molecule has 3 rings (SSSR count). The van der Waals surface area contributed by atoms with Gasteiger partial charge in [-0.25, -0.2) is 21.8 Å². The van der Waals surface area contributed by atoms with Crippen molar-refractivity contribution in [3.05, 3.63) is 48.0 Å². The van der Waals surface area contributed by atoms with Crippen molar-refractivity contribution in [2.75, 3.05) is 19.3 Å². The maximum atomic E-state index is 13.3. The highest BCUT2D eigenvalue weighted by Crippen LogP contribution is 2.14. The van der Waals surface area contributed by atoms with Crippen molar-refractivity contribution in [2.24, 2.45) is 0 Å². The van der Waals surface area contributed by atoms with Crippen LogP contribution in [0.3, 0.4) is 0 Å². The Hall–Kier alpha value is -2.26. The predicted octanol–water partition coefficient (Wildman–Crippen LogP) is 1.17. The molecule has 134 valence electrons. The summed E-state index contributed by atoms with van der Waals surface area (Å²) in [5.74, 6) is -0.766. The average Bonchev–Trinajstić information content (AvgIpc) is 3.04. The Kier molecular flexibility index (Phi) is 4.87. The molecule has 1 unspecified atom stereocenters. The zero-order chi connectivity index (χ0) is 18.0. The molecule has 1 amide bonds. The Morgan fingerprint density at radius 3 is 2.88 bits per heavy atom. The summed E-state index contributed by atoms with van der Waals surface area (Å²) in [4.78, 5) is 12.4. The van der Waals surface area contributed by atoms with E-state index in [4.69, 9.17) is 0 Å². The quantitative estimate of drug-likeness (QED) is 0.880. The molecule has 1 aromatic carbocycles. The van der Waals surface area contributed by atoms with Gasteiger partial charge in [-0.05, 0) is 37.1 Å². The average molecular weight is 366 g/mol. The Bertz CT molecular complexity index is 881. The first-order valence-electron chi connectivity index (χ1n) is 7.90. The summed E-state index contributed by atoms with van der Waals surface area (Å²) in [6.07, 6.45) is 4.14. The minimum atomic E-state index is -3.27. The summed E-state index contributed by atoms with van der Waals surface area (Å²) in [6.45, 7) is 0.731. The van der Waals surface area contributed by atoms with Gasteiger partial charge in [-0.1, -0.05) is 6.07 Å². The van der Waals surface area contributed by atoms with E-state index in [0.717, 1.165) is 6.26 Å². The molecule has 1 atom stereocenters. The van der Waals surface area contributed by atoms with Crippen molar-refractivity contribution in [2.45, 2.75) is 18.9 Å². The van der Waals surface area contributed by atoms with Crippen molar-refractivity contribution in [3.8, 4) is 5.69 Å². The van der Waals surface area contributed by atoms with Crippen molar-refractivity contribution >= 4 is 15.9 Å². The van der Waals surface area contributed by atoms with Gasteiger partial charge >= 0.3 is 0 Å². The SMILES string of the molecule is CS(=O)(=O)N1CCCC(NC(=O)c2ccn(-c3cccc(F)c3)n2)C1. The first-order chi connectivity index (χ1) is 11.8. The second-order valence-corrected chi connectivity index (χ2v) is 8.04. The second kappa shape index (κ2) is 6.93. The number of piperidine rings is 1. The van der Waals surface area contributed by atoms with Gasteiger partial charge in [0.25, 0.3) is 5.91 Å². The minimum Gasteiger partial charge on any atom is -0.347 e. The Labute approximate surface area is 145 Å². The van der Waals surface area contributed by atoms with Gasteiger partial charge in [0.1, 0.15) is 5.82 Å². The monoisotopic (exact) mass is 366 g/mol. The van der Waals surface area contributed by atoms with Crippen LogP contribution in [-0.2, 0) is 10.0 Å². The maximum absolute atomic E-state index is 13.3. The van der Waals surface area contributed by atoms with Gasteiger partial charge in [0.05, 0.1) is 11.9 Å². The number of nitrogens with zero attached hydrogens (tertiary/aromatic N) is 3. The van der Waals surface area contributed by atoms with Crippen LogP contribution in [-0.4, -0.2) is 53.8 Å². The summed E-state index contributed by atoms with van der Waals surface area (Å²) in [5.41, 5.74) is 0.709. The number of hydrogen-bond donors (Lipinski definition) is 1. The number of aromatic nitrogens is 2. The maximum Gasteiger partial charge on any atom is 0.272 e. The largest absolute Gasteiger partial charge is 0.347 e. The smallest absolute Gasteiger partial charge is 0.272 e. The highest BCUT2D eigenvalue weighted by atomic mass is 32.2. The first kappa shape index (κ1) is 17.6. The molecule has 0 spiro atoms. The topological polar surface area (TPSA) is 84.3 Å². The van der Waals surface area contributed by atoms with Crippen LogP contribution >= 0.6 is 0 Å². The molecule has 2 heterocycles. The minimum absolute atomic E-state index is 0.195. The Morgan fingerprint density at radius 1 is 1.36 bits per heavy atom. The van der Waals surface area contributed by atoms with Gasteiger partial charge in [-0.3, -0.25) is 4.79 Å². The molecule has 1 aromatic heterocycles. The molecule has 7 nitrogen and oxygen atoms in total. The number of rotatable bonds is 4. The highest BCUT2D eigenvalue weighted by Gasteiger charge is 2.27. The molecule has 1 aliphatic rings. The fourth-order valence-electron chi connectivity index (χ4n) is 2.83. The summed E-state index contributed by atoms with van der Waals surface area (Å²) >= 11 is 0. The van der Waals surface area contributed by atoms with Crippen molar-refractivity contribution in [1.82, 2.24) is 19.4 Å². The molecule has 1 N–H and O–H groups in total. The number of carbonyl (C=O) groups is 1. The van der Waals surface area contributed by atoms with Crippen molar-refractivity contribution < 1.29 is 17.6 Å². The highest BCUT2D eigenvalue weighted by molar-refractivity contribution is 7.88. The number of halogens is 1. The second-order valence-electron chi connectivity index (χ2n) is 6.06. The van der Waals surface area contributed by atoms with E-state index in [1.807, 2.05) is 0 Å². The molecule has 1 fully saturated rings. The molecule has 25 heavy (non-hydrogen) atoms. The fourth-order valence-corrected chi connectivity index (χ4v) is 3.74. The van der Waals surface area contributed by atoms with Crippen LogP contribution in [0.5, 0.6) is 0 Å². The van der Waals surface area contributed by atoms with Crippen LogP contribution in [0, 0.1) is 5.82 Å². The van der Waals surface area contributed by atoms with Gasteiger partial charge in [0.2, 0.25) is 10.0 Å². The molecular formula is C16H19FN4O3S. The molecule has 0 radical (unpaired) electrons. The lowest BCUT2D eigenvalue weighted by Crippen LogP contribution is -2.49. The number of amides is 1. The van der Waals surface area contributed by atoms with Crippen LogP contribution in [0.25, 0.3) is 5.69 Å². The Balaban J connectivity index is 1.68. The summed E-state index contributed by atoms with van der Waals surface area (Å²) < 4.78 is 39.4. The van der Waals surface area contributed by atoms with E-state index in [9.17, 15) is 17.6 Å². The van der Waals surface area contributed by atoms with Gasteiger partial charge in [0.15, 0.2) is 5.69 Å². The van der Waals surface area contributed by atoms with Gasteiger partial charge in [-0.2, -0.15) is 5.10 Å². The lowest BCUT2D eigenvalue weighted by atomic mass is 10.1. The zero-order valence-electron chi connectivity index (χ0n) is 13.7. The normalized spacial score (nSPS) is 18.9. The van der Waals surface area contributed by atoms with Crippen LogP contribution < -0.4 is 5.32 Å². The van der Waals surface area contributed by atoms with Gasteiger partial charge < -0.3 is 5.32 Å². The third-order valence-electron chi connectivity index (χ3n) is 4.08. The zero-order valence-corrected chi connectivity index (χ0v) is 14.5. The molecule has 9 heteroatoms. The molecule has 1 saturated heterocycles. The molecule has 0 aliphatic carbocycles. The number of carbonyl (C=O) groups excluding carboxylic acids is 1. The summed E-state index contributed by atoms with van der Waals surface area (Å²) in [5, 5.41) is 6.98. The standard InChI is InChI=1S/C16H19FN4O3S/c1-25(23,24)20-8-3-5-13(11-20)18-16(22)15-7-9-21(19-15)14-6-2-4-12(17)10-14/h2,4,6-7,9-10,13H,3,5,8,11H2,1H3,(H,18,22). The molecule has 2 aromatic rings. The van der Waals surface area contributed by atoms with E-state index in [2.05, 4.69) is 10.4 Å². The lowest BCUT2D eigenvalue weighted by molar-refractivity contribution is 0.0916. The lowest BCUT2D eigenvalue weighted by Gasteiger charge is -2.31. The molecule has 1 aliphatic heterocycles. The fraction of sp³-hybridized carbons (Fsp3) is 0.375. The Morgan fingerprint density at radius 2 is 2.16 bits per heavy atom. The van der Waals surface area contributed by atoms with E-state index in [1.54, 1.807) is 18.3 Å². The van der Waals surface area contributed by atoms with Crippen LogP contribution in [0.15, 0.2) is 36.5 Å². The first-order valence-corrected chi connectivity index (χ1v) is 9.75. The molecule has 0 saturated carbocycles. The van der Waals surface area contributed by atoms with Crippen LogP contribution in [0.1, 0.15) is 23.3 Å². The van der Waals surface area contributed by atoms with E-state index >= 15 is 0 Å². The third-order valence-corrected chi connectivity index (χ3v) is 5.35. The summed E-state index contributed by atoms with van der Waals surface area (Å²) in [6, 6.07) is 7.18.